The highest BCUT2D eigenvalue weighted by Crippen LogP contribution is 2.37. The van der Waals surface area contributed by atoms with Crippen LogP contribution >= 0.6 is 0 Å². The lowest BCUT2D eigenvalue weighted by Gasteiger charge is -2.39. The first kappa shape index (κ1) is 13.9. The van der Waals surface area contributed by atoms with Crippen LogP contribution in [-0.2, 0) is 0 Å². The summed E-state index contributed by atoms with van der Waals surface area (Å²) in [5.41, 5.74) is 1.82. The third kappa shape index (κ3) is 2.71. The topological polar surface area (TPSA) is 48.7 Å². The van der Waals surface area contributed by atoms with Gasteiger partial charge in [0.25, 0.3) is 0 Å². The van der Waals surface area contributed by atoms with Gasteiger partial charge in [0.05, 0.1) is 11.1 Å². The molecule has 0 saturated heterocycles. The van der Waals surface area contributed by atoms with Gasteiger partial charge in [-0.2, -0.15) is 5.26 Å². The monoisotopic (exact) mass is 279 g/mol. The van der Waals surface area contributed by atoms with E-state index in [1.54, 1.807) is 0 Å². The number of hydrogen-bond donors (Lipinski definition) is 1. The fraction of sp³-hybridized carbons (Fsp3) is 0.444. The number of fused-ring (bicyclic) bond motifs is 1. The Bertz CT molecular complexity index is 697. The number of nitriles is 1. The van der Waals surface area contributed by atoms with Crippen molar-refractivity contribution in [2.45, 2.75) is 45.6 Å². The predicted molar refractivity (Wildman–Crippen MR) is 86.1 cm³/mol. The molecule has 3 heteroatoms. The molecular formula is C18H21N3. The molecule has 0 spiro atoms. The summed E-state index contributed by atoms with van der Waals surface area (Å²) in [6.07, 6.45) is 4.91. The Morgan fingerprint density at radius 2 is 2.10 bits per heavy atom. The molecule has 1 fully saturated rings. The van der Waals surface area contributed by atoms with Crippen molar-refractivity contribution in [1.29, 1.82) is 5.26 Å². The van der Waals surface area contributed by atoms with Crippen LogP contribution in [0, 0.1) is 16.7 Å². The molecule has 0 unspecified atom stereocenters. The van der Waals surface area contributed by atoms with Gasteiger partial charge in [0.1, 0.15) is 11.9 Å². The zero-order valence-electron chi connectivity index (χ0n) is 12.7. The first-order valence-corrected chi connectivity index (χ1v) is 7.66. The zero-order chi connectivity index (χ0) is 14.9. The highest BCUT2D eigenvalue weighted by Gasteiger charge is 2.32. The molecular weight excluding hydrogens is 258 g/mol. The third-order valence-corrected chi connectivity index (χ3v) is 4.66. The van der Waals surface area contributed by atoms with Crippen LogP contribution in [0.25, 0.3) is 10.9 Å². The van der Waals surface area contributed by atoms with Gasteiger partial charge in [-0.05, 0) is 30.4 Å². The molecule has 0 amide bonds. The maximum Gasteiger partial charge on any atom is 0.144 e. The van der Waals surface area contributed by atoms with E-state index in [9.17, 15) is 5.26 Å². The van der Waals surface area contributed by atoms with E-state index in [-0.39, 0.29) is 5.41 Å². The number of aromatic nitrogens is 1. The van der Waals surface area contributed by atoms with Gasteiger partial charge < -0.3 is 5.32 Å². The second kappa shape index (κ2) is 5.37. The average Bonchev–Trinajstić information content (AvgIpc) is 2.48. The summed E-state index contributed by atoms with van der Waals surface area (Å²) in [6.45, 7) is 4.61. The fourth-order valence-corrected chi connectivity index (χ4v) is 3.24. The van der Waals surface area contributed by atoms with Gasteiger partial charge >= 0.3 is 0 Å². The molecule has 21 heavy (non-hydrogen) atoms. The number of anilines is 1. The van der Waals surface area contributed by atoms with Crippen LogP contribution in [0.15, 0.2) is 30.3 Å². The molecule has 1 aromatic carbocycles. The van der Waals surface area contributed by atoms with E-state index in [0.717, 1.165) is 23.1 Å². The molecule has 1 aromatic heterocycles. The van der Waals surface area contributed by atoms with Crippen LogP contribution in [0.3, 0.4) is 0 Å². The van der Waals surface area contributed by atoms with E-state index < -0.39 is 0 Å². The Hall–Kier alpha value is -2.08. The van der Waals surface area contributed by atoms with E-state index in [0.29, 0.717) is 11.6 Å². The molecule has 2 aromatic rings. The van der Waals surface area contributed by atoms with E-state index >= 15 is 0 Å². The second-order valence-corrected chi connectivity index (χ2v) is 6.62. The van der Waals surface area contributed by atoms with Crippen LogP contribution in [0.2, 0.25) is 0 Å². The van der Waals surface area contributed by atoms with Gasteiger partial charge in [-0.15, -0.1) is 0 Å². The van der Waals surface area contributed by atoms with E-state index in [4.69, 9.17) is 0 Å². The largest absolute Gasteiger partial charge is 0.366 e. The Labute approximate surface area is 126 Å². The lowest BCUT2D eigenvalue weighted by Crippen LogP contribution is -2.39. The Balaban J connectivity index is 1.98. The van der Waals surface area contributed by atoms with Gasteiger partial charge in [0.15, 0.2) is 0 Å². The van der Waals surface area contributed by atoms with Crippen LogP contribution in [0.1, 0.15) is 45.1 Å². The summed E-state index contributed by atoms with van der Waals surface area (Å²) in [6, 6.07) is 12.5. The first-order chi connectivity index (χ1) is 10.1. The van der Waals surface area contributed by atoms with Gasteiger partial charge in [0.2, 0.25) is 0 Å². The van der Waals surface area contributed by atoms with Crippen molar-refractivity contribution in [1.82, 2.24) is 4.98 Å². The molecule has 0 radical (unpaired) electrons. The molecule has 3 nitrogen and oxygen atoms in total. The lowest BCUT2D eigenvalue weighted by molar-refractivity contribution is 0.216. The predicted octanol–water partition coefficient (Wildman–Crippen LogP) is 4.49. The highest BCUT2D eigenvalue weighted by atomic mass is 15.0. The molecule has 3 rings (SSSR count). The maximum absolute atomic E-state index is 9.41. The quantitative estimate of drug-likeness (QED) is 0.881. The summed E-state index contributed by atoms with van der Waals surface area (Å²) in [5.74, 6) is 0.733. The Morgan fingerprint density at radius 3 is 2.86 bits per heavy atom. The van der Waals surface area contributed by atoms with Gasteiger partial charge in [-0.1, -0.05) is 44.9 Å². The van der Waals surface area contributed by atoms with Crippen LogP contribution in [0.4, 0.5) is 5.82 Å². The fourth-order valence-electron chi connectivity index (χ4n) is 3.24. The van der Waals surface area contributed by atoms with Crippen molar-refractivity contribution in [3.05, 3.63) is 35.9 Å². The van der Waals surface area contributed by atoms with Crippen LogP contribution < -0.4 is 5.32 Å². The minimum atomic E-state index is 0.248. The number of para-hydroxylation sites is 1. The standard InChI is InChI=1S/C18H21N3/c1-18(2)10-6-5-9-16(18)21-17-14(12-19)11-13-7-3-4-8-15(13)20-17/h3-4,7-8,11,16H,5-6,9-10H2,1-2H3,(H,20,21)/t16-/m1/s1. The first-order valence-electron chi connectivity index (χ1n) is 7.66. The van der Waals surface area contributed by atoms with Gasteiger partial charge in [0, 0.05) is 11.4 Å². The molecule has 1 N–H and O–H groups in total. The van der Waals surface area contributed by atoms with Crippen LogP contribution in [-0.4, -0.2) is 11.0 Å². The summed E-state index contributed by atoms with van der Waals surface area (Å²) in [5, 5.41) is 14.0. The number of nitrogens with one attached hydrogen (secondary N) is 1. The van der Waals surface area contributed by atoms with Crippen molar-refractivity contribution in [2.24, 2.45) is 5.41 Å². The minimum Gasteiger partial charge on any atom is -0.366 e. The van der Waals surface area contributed by atoms with Crippen LogP contribution in [0.5, 0.6) is 0 Å². The van der Waals surface area contributed by atoms with Gasteiger partial charge in [-0.25, -0.2) is 4.98 Å². The number of rotatable bonds is 2. The van der Waals surface area contributed by atoms with E-state index in [1.165, 1.54) is 19.3 Å². The zero-order valence-corrected chi connectivity index (χ0v) is 12.7. The summed E-state index contributed by atoms with van der Waals surface area (Å²) < 4.78 is 0. The van der Waals surface area contributed by atoms with E-state index in [2.05, 4.69) is 30.2 Å². The molecule has 1 saturated carbocycles. The highest BCUT2D eigenvalue weighted by molar-refractivity contribution is 5.82. The number of pyridine rings is 1. The summed E-state index contributed by atoms with van der Waals surface area (Å²) in [4.78, 5) is 4.67. The summed E-state index contributed by atoms with van der Waals surface area (Å²) >= 11 is 0. The molecule has 1 heterocycles. The smallest absolute Gasteiger partial charge is 0.144 e. The van der Waals surface area contributed by atoms with Crippen molar-refractivity contribution >= 4 is 16.7 Å². The lowest BCUT2D eigenvalue weighted by atomic mass is 9.73. The minimum absolute atomic E-state index is 0.248. The normalized spacial score (nSPS) is 20.9. The van der Waals surface area contributed by atoms with Crippen molar-refractivity contribution < 1.29 is 0 Å². The third-order valence-electron chi connectivity index (χ3n) is 4.66. The molecule has 0 bridgehead atoms. The molecule has 1 aliphatic carbocycles. The second-order valence-electron chi connectivity index (χ2n) is 6.62. The molecule has 1 aliphatic rings. The van der Waals surface area contributed by atoms with Crippen molar-refractivity contribution in [2.75, 3.05) is 5.32 Å². The molecule has 0 aliphatic heterocycles. The van der Waals surface area contributed by atoms with Gasteiger partial charge in [-0.3, -0.25) is 0 Å². The van der Waals surface area contributed by atoms with E-state index in [1.807, 2.05) is 30.3 Å². The van der Waals surface area contributed by atoms with Crippen molar-refractivity contribution in [3.63, 3.8) is 0 Å². The average molecular weight is 279 g/mol. The number of hydrogen-bond acceptors (Lipinski definition) is 3. The molecule has 1 atom stereocenters. The molecule has 108 valence electrons. The Kier molecular flexibility index (Phi) is 3.55. The SMILES string of the molecule is CC1(C)CCCC[C@H]1Nc1nc2ccccc2cc1C#N. The maximum atomic E-state index is 9.41. The van der Waals surface area contributed by atoms with Crippen molar-refractivity contribution in [3.8, 4) is 6.07 Å². The number of benzene rings is 1. The number of nitrogens with zero attached hydrogens (tertiary/aromatic N) is 2. The Morgan fingerprint density at radius 1 is 1.29 bits per heavy atom. The summed E-state index contributed by atoms with van der Waals surface area (Å²) in [7, 11) is 0.